The molecule has 27 heavy (non-hydrogen) atoms. The van der Waals surface area contributed by atoms with Crippen LogP contribution in [-0.2, 0) is 11.2 Å². The number of fused-ring (bicyclic) bond motifs is 1. The number of hydrogen-bond acceptors (Lipinski definition) is 5. The van der Waals surface area contributed by atoms with Crippen LogP contribution in [0.25, 0.3) is 0 Å². The predicted molar refractivity (Wildman–Crippen MR) is 104 cm³/mol. The topological polar surface area (TPSA) is 62.8 Å². The molecule has 1 aromatic carbocycles. The van der Waals surface area contributed by atoms with Gasteiger partial charge in [0, 0.05) is 25.7 Å². The summed E-state index contributed by atoms with van der Waals surface area (Å²) in [5.41, 5.74) is 7.83. The molecule has 0 spiro atoms. The number of piperidine rings is 1. The molecule has 1 aromatic rings. The molecule has 0 bridgehead atoms. The minimum Gasteiger partial charge on any atom is -0.454 e. The molecule has 2 fully saturated rings. The molecular weight excluding hydrogens is 342 g/mol. The summed E-state index contributed by atoms with van der Waals surface area (Å²) in [7, 11) is 0. The lowest BCUT2D eigenvalue weighted by Crippen LogP contribution is -2.50. The summed E-state index contributed by atoms with van der Waals surface area (Å²) in [5.74, 6) is 2.03. The Hall–Kier alpha value is -1.79. The summed E-state index contributed by atoms with van der Waals surface area (Å²) in [6.45, 7) is 7.23. The molecule has 2 saturated heterocycles. The third-order valence-electron chi connectivity index (χ3n) is 6.17. The van der Waals surface area contributed by atoms with Crippen LogP contribution in [0.3, 0.4) is 0 Å². The minimum absolute atomic E-state index is 0.0536. The summed E-state index contributed by atoms with van der Waals surface area (Å²) in [6, 6.07) is 6.47. The van der Waals surface area contributed by atoms with Crippen LogP contribution in [0.1, 0.15) is 45.1 Å². The first kappa shape index (κ1) is 18.6. The Morgan fingerprint density at radius 2 is 2.19 bits per heavy atom. The van der Waals surface area contributed by atoms with Crippen molar-refractivity contribution in [2.45, 2.75) is 52.0 Å². The highest BCUT2D eigenvalue weighted by atomic mass is 16.7. The molecule has 0 saturated carbocycles. The van der Waals surface area contributed by atoms with Crippen LogP contribution in [0.2, 0.25) is 0 Å². The number of hydrogen-bond donors (Lipinski definition) is 2. The third-order valence-corrected chi connectivity index (χ3v) is 6.17. The number of amides is 1. The van der Waals surface area contributed by atoms with Gasteiger partial charge in [-0.3, -0.25) is 15.6 Å². The molecule has 3 aliphatic rings. The molecule has 3 atom stereocenters. The fourth-order valence-electron chi connectivity index (χ4n) is 4.81. The van der Waals surface area contributed by atoms with Crippen molar-refractivity contribution in [3.05, 3.63) is 23.8 Å². The van der Waals surface area contributed by atoms with Gasteiger partial charge in [-0.25, -0.2) is 0 Å². The molecule has 0 radical (unpaired) electrons. The Balaban J connectivity index is 1.43. The van der Waals surface area contributed by atoms with E-state index < -0.39 is 0 Å². The zero-order chi connectivity index (χ0) is 18.9. The highest BCUT2D eigenvalue weighted by Gasteiger charge is 2.39. The van der Waals surface area contributed by atoms with Gasteiger partial charge < -0.3 is 14.4 Å². The maximum atomic E-state index is 13.2. The van der Waals surface area contributed by atoms with Crippen molar-refractivity contribution < 1.29 is 14.3 Å². The van der Waals surface area contributed by atoms with E-state index in [1.165, 1.54) is 5.56 Å². The van der Waals surface area contributed by atoms with Crippen LogP contribution >= 0.6 is 0 Å². The summed E-state index contributed by atoms with van der Waals surface area (Å²) in [4.78, 5) is 15.3. The van der Waals surface area contributed by atoms with Crippen molar-refractivity contribution in [2.24, 2.45) is 11.3 Å². The first-order chi connectivity index (χ1) is 13.1. The van der Waals surface area contributed by atoms with Crippen LogP contribution < -0.4 is 20.3 Å². The van der Waals surface area contributed by atoms with Gasteiger partial charge in [0.1, 0.15) is 0 Å². The zero-order valence-electron chi connectivity index (χ0n) is 16.4. The average molecular weight is 373 g/mol. The monoisotopic (exact) mass is 373 g/mol. The lowest BCUT2D eigenvalue weighted by Gasteiger charge is -2.42. The molecule has 6 nitrogen and oxygen atoms in total. The van der Waals surface area contributed by atoms with Gasteiger partial charge in [0.05, 0.1) is 5.92 Å². The number of likely N-dealkylation sites (tertiary alicyclic amines) is 1. The van der Waals surface area contributed by atoms with E-state index in [1.807, 2.05) is 6.07 Å². The first-order valence-electron chi connectivity index (χ1n) is 10.2. The van der Waals surface area contributed by atoms with E-state index in [9.17, 15) is 4.79 Å². The van der Waals surface area contributed by atoms with Gasteiger partial charge in [-0.15, -0.1) is 0 Å². The van der Waals surface area contributed by atoms with Gasteiger partial charge in [-0.1, -0.05) is 26.3 Å². The Morgan fingerprint density at radius 3 is 3.04 bits per heavy atom. The maximum Gasteiger partial charge on any atom is 0.231 e. The molecule has 0 aromatic heterocycles. The van der Waals surface area contributed by atoms with Crippen molar-refractivity contribution in [1.82, 2.24) is 15.8 Å². The molecule has 4 rings (SSSR count). The fourth-order valence-corrected chi connectivity index (χ4v) is 4.81. The number of benzene rings is 1. The SMILES string of the molecule is CCCC1NNCC1C(=O)N1CCCC(C)(Cc2ccc3c(c2)OCO3)C1. The molecule has 0 aliphatic carbocycles. The van der Waals surface area contributed by atoms with Crippen LogP contribution in [0, 0.1) is 11.3 Å². The second-order valence-corrected chi connectivity index (χ2v) is 8.57. The lowest BCUT2D eigenvalue weighted by atomic mass is 9.76. The Morgan fingerprint density at radius 1 is 1.33 bits per heavy atom. The molecule has 2 N–H and O–H groups in total. The van der Waals surface area contributed by atoms with Gasteiger partial charge in [0.25, 0.3) is 0 Å². The molecule has 148 valence electrons. The smallest absolute Gasteiger partial charge is 0.231 e. The summed E-state index contributed by atoms with van der Waals surface area (Å²) in [6.07, 6.45) is 5.28. The minimum atomic E-state index is 0.0536. The predicted octanol–water partition coefficient (Wildman–Crippen LogP) is 2.48. The molecule has 6 heteroatoms. The molecule has 3 unspecified atom stereocenters. The van der Waals surface area contributed by atoms with Crippen molar-refractivity contribution >= 4 is 5.91 Å². The Kier molecular flexibility index (Phi) is 5.28. The van der Waals surface area contributed by atoms with E-state index in [0.717, 1.165) is 63.2 Å². The zero-order valence-corrected chi connectivity index (χ0v) is 16.4. The van der Waals surface area contributed by atoms with Crippen molar-refractivity contribution in [3.8, 4) is 11.5 Å². The fraction of sp³-hybridized carbons (Fsp3) is 0.667. The van der Waals surface area contributed by atoms with Crippen LogP contribution in [-0.4, -0.2) is 43.3 Å². The lowest BCUT2D eigenvalue weighted by molar-refractivity contribution is -0.138. The first-order valence-corrected chi connectivity index (χ1v) is 10.2. The number of hydrazine groups is 1. The quantitative estimate of drug-likeness (QED) is 0.830. The maximum absolute atomic E-state index is 13.2. The largest absolute Gasteiger partial charge is 0.454 e. The second-order valence-electron chi connectivity index (χ2n) is 8.57. The normalized spacial score (nSPS) is 29.9. The number of carbonyl (C=O) groups is 1. The van der Waals surface area contributed by atoms with E-state index in [-0.39, 0.29) is 17.4 Å². The van der Waals surface area contributed by atoms with Crippen molar-refractivity contribution in [2.75, 3.05) is 26.4 Å². The standard InChI is InChI=1S/C21H31N3O3/c1-3-5-17-16(12-22-23-17)20(25)24-9-4-8-21(2,13-24)11-15-6-7-18-19(10-15)27-14-26-18/h6-7,10,16-17,22-23H,3-5,8-9,11-14H2,1-2H3. The molecule has 3 aliphatic heterocycles. The summed E-state index contributed by atoms with van der Waals surface area (Å²) >= 11 is 0. The number of nitrogens with zero attached hydrogens (tertiary/aromatic N) is 1. The molecular formula is C21H31N3O3. The van der Waals surface area contributed by atoms with E-state index in [2.05, 4.69) is 41.7 Å². The summed E-state index contributed by atoms with van der Waals surface area (Å²) < 4.78 is 10.9. The number of carbonyl (C=O) groups excluding carboxylic acids is 1. The molecule has 1 amide bonds. The average Bonchev–Trinajstić information content (AvgIpc) is 3.30. The summed E-state index contributed by atoms with van der Waals surface area (Å²) in [5, 5.41) is 0. The van der Waals surface area contributed by atoms with E-state index >= 15 is 0 Å². The van der Waals surface area contributed by atoms with Gasteiger partial charge in [0.2, 0.25) is 12.7 Å². The Labute approximate surface area is 161 Å². The van der Waals surface area contributed by atoms with Crippen LogP contribution in [0.4, 0.5) is 0 Å². The van der Waals surface area contributed by atoms with Gasteiger partial charge in [-0.2, -0.15) is 0 Å². The van der Waals surface area contributed by atoms with E-state index in [1.54, 1.807) is 0 Å². The van der Waals surface area contributed by atoms with Crippen molar-refractivity contribution in [1.29, 1.82) is 0 Å². The van der Waals surface area contributed by atoms with E-state index in [0.29, 0.717) is 12.7 Å². The highest BCUT2D eigenvalue weighted by Crippen LogP contribution is 2.38. The number of ether oxygens (including phenoxy) is 2. The number of rotatable bonds is 5. The van der Waals surface area contributed by atoms with Gasteiger partial charge >= 0.3 is 0 Å². The number of nitrogens with one attached hydrogen (secondary N) is 2. The van der Waals surface area contributed by atoms with Crippen LogP contribution in [0.15, 0.2) is 18.2 Å². The third kappa shape index (κ3) is 3.92. The Bertz CT molecular complexity index is 695. The second kappa shape index (κ2) is 7.68. The van der Waals surface area contributed by atoms with Crippen LogP contribution in [0.5, 0.6) is 11.5 Å². The highest BCUT2D eigenvalue weighted by molar-refractivity contribution is 5.80. The van der Waals surface area contributed by atoms with Crippen molar-refractivity contribution in [3.63, 3.8) is 0 Å². The molecule has 3 heterocycles. The van der Waals surface area contributed by atoms with Gasteiger partial charge in [0.15, 0.2) is 11.5 Å². The van der Waals surface area contributed by atoms with E-state index in [4.69, 9.17) is 9.47 Å². The van der Waals surface area contributed by atoms with Gasteiger partial charge in [-0.05, 0) is 48.8 Å².